The van der Waals surface area contributed by atoms with E-state index in [-0.39, 0.29) is 5.92 Å². The van der Waals surface area contributed by atoms with Crippen molar-refractivity contribution in [1.29, 1.82) is 0 Å². The molecular formula is C30H41N2O4+. The Hall–Kier alpha value is -2.67. The molecule has 2 aromatic carbocycles. The molecule has 4 rings (SSSR count). The normalized spacial score (nSPS) is 16.6. The van der Waals surface area contributed by atoms with E-state index in [1.165, 1.54) is 12.0 Å². The first-order chi connectivity index (χ1) is 17.4. The zero-order valence-corrected chi connectivity index (χ0v) is 22.0. The van der Waals surface area contributed by atoms with Crippen molar-refractivity contribution in [3.05, 3.63) is 83.6 Å². The Balaban J connectivity index is 1.34. The maximum absolute atomic E-state index is 12.0. The van der Waals surface area contributed by atoms with Crippen LogP contribution in [0.2, 0.25) is 0 Å². The van der Waals surface area contributed by atoms with Gasteiger partial charge in [0.2, 0.25) is 5.89 Å². The summed E-state index contributed by atoms with van der Waals surface area (Å²) >= 11 is 0. The molecule has 0 saturated heterocycles. The lowest BCUT2D eigenvalue weighted by molar-refractivity contribution is -0.904. The van der Waals surface area contributed by atoms with Crippen LogP contribution >= 0.6 is 0 Å². The highest BCUT2D eigenvalue weighted by Gasteiger charge is 2.44. The van der Waals surface area contributed by atoms with Gasteiger partial charge in [0.1, 0.15) is 18.8 Å². The smallest absolute Gasteiger partial charge is 0.231 e. The second kappa shape index (κ2) is 12.0. The predicted octanol–water partition coefficient (Wildman–Crippen LogP) is 5.34. The molecule has 1 fully saturated rings. The number of benzene rings is 2. The number of likely N-dealkylation sites (N-methyl/N-ethyl adjacent to an activating group) is 1. The third-order valence-corrected chi connectivity index (χ3v) is 7.41. The predicted molar refractivity (Wildman–Crippen MR) is 141 cm³/mol. The Morgan fingerprint density at radius 3 is 2.42 bits per heavy atom. The monoisotopic (exact) mass is 493 g/mol. The van der Waals surface area contributed by atoms with Gasteiger partial charge in [0.25, 0.3) is 0 Å². The van der Waals surface area contributed by atoms with Crippen LogP contribution in [0.3, 0.4) is 0 Å². The Kier molecular flexibility index (Phi) is 8.83. The average Bonchev–Trinajstić information content (AvgIpc) is 3.37. The summed E-state index contributed by atoms with van der Waals surface area (Å²) in [5, 5.41) is 12.0. The molecule has 6 nitrogen and oxygen atoms in total. The molecule has 1 unspecified atom stereocenters. The van der Waals surface area contributed by atoms with Crippen molar-refractivity contribution in [2.75, 3.05) is 41.0 Å². The molecule has 0 bridgehead atoms. The highest BCUT2D eigenvalue weighted by atomic mass is 16.5. The molecule has 194 valence electrons. The molecule has 1 heterocycles. The van der Waals surface area contributed by atoms with Crippen molar-refractivity contribution in [2.45, 2.75) is 50.7 Å². The molecular weight excluding hydrogens is 452 g/mol. The van der Waals surface area contributed by atoms with Crippen molar-refractivity contribution in [3.63, 3.8) is 0 Å². The summed E-state index contributed by atoms with van der Waals surface area (Å²) < 4.78 is 18.1. The van der Waals surface area contributed by atoms with Gasteiger partial charge in [0.05, 0.1) is 40.6 Å². The lowest BCUT2D eigenvalue weighted by atomic mass is 9.73. The van der Waals surface area contributed by atoms with Crippen LogP contribution in [0.5, 0.6) is 5.75 Å². The number of methoxy groups -OCH3 is 1. The first-order valence-corrected chi connectivity index (χ1v) is 13.2. The van der Waals surface area contributed by atoms with E-state index in [2.05, 4.69) is 31.2 Å². The highest BCUT2D eigenvalue weighted by molar-refractivity contribution is 5.30. The van der Waals surface area contributed by atoms with Crippen LogP contribution in [0.4, 0.5) is 0 Å². The van der Waals surface area contributed by atoms with Gasteiger partial charge in [-0.05, 0) is 42.5 Å². The van der Waals surface area contributed by atoms with Gasteiger partial charge in [-0.25, -0.2) is 4.98 Å². The molecule has 1 aliphatic carbocycles. The molecule has 36 heavy (non-hydrogen) atoms. The molecule has 1 atom stereocenters. The second-order valence-corrected chi connectivity index (χ2v) is 10.6. The van der Waals surface area contributed by atoms with Gasteiger partial charge in [-0.1, -0.05) is 61.7 Å². The summed E-state index contributed by atoms with van der Waals surface area (Å²) in [6.07, 6.45) is 8.13. The minimum Gasteiger partial charge on any atom is -0.497 e. The largest absolute Gasteiger partial charge is 0.497 e. The topological polar surface area (TPSA) is 64.7 Å². The van der Waals surface area contributed by atoms with E-state index in [0.717, 1.165) is 55.7 Å². The van der Waals surface area contributed by atoms with Crippen LogP contribution in [-0.4, -0.2) is 55.5 Å². The number of oxazole rings is 1. The van der Waals surface area contributed by atoms with E-state index in [0.29, 0.717) is 30.1 Å². The standard InChI is InChI=1S/C30H41N2O4/c1-32(2,19-21-35-20-18-24-14-16-27(34-3)17-15-24)23-28-22-31-29(36-28)30(33,25-10-6-4-7-11-25)26-12-8-5-9-13-26/h4,6-7,10-11,14-17,22,26,33H,5,8-9,12-13,18-21,23H2,1-3H3/q+1. The molecule has 1 N–H and O–H groups in total. The van der Waals surface area contributed by atoms with Gasteiger partial charge in [-0.3, -0.25) is 0 Å². The van der Waals surface area contributed by atoms with Crippen LogP contribution in [0.1, 0.15) is 54.9 Å². The number of aliphatic hydroxyl groups is 1. The number of rotatable bonds is 12. The number of nitrogens with zero attached hydrogens (tertiary/aromatic N) is 2. The minimum absolute atomic E-state index is 0.113. The van der Waals surface area contributed by atoms with Crippen molar-refractivity contribution in [2.24, 2.45) is 5.92 Å². The van der Waals surface area contributed by atoms with Gasteiger partial charge in [-0.2, -0.15) is 0 Å². The Morgan fingerprint density at radius 1 is 1.00 bits per heavy atom. The summed E-state index contributed by atoms with van der Waals surface area (Å²) in [5.41, 5.74) is 0.911. The van der Waals surface area contributed by atoms with Crippen molar-refractivity contribution in [1.82, 2.24) is 4.98 Å². The van der Waals surface area contributed by atoms with Crippen molar-refractivity contribution < 1.29 is 23.5 Å². The van der Waals surface area contributed by atoms with E-state index >= 15 is 0 Å². The average molecular weight is 494 g/mol. The van der Waals surface area contributed by atoms with Gasteiger partial charge in [0, 0.05) is 5.92 Å². The lowest BCUT2D eigenvalue weighted by Gasteiger charge is -2.36. The summed E-state index contributed by atoms with van der Waals surface area (Å²) in [6, 6.07) is 18.0. The number of quaternary nitrogens is 1. The van der Waals surface area contributed by atoms with Crippen LogP contribution in [0.15, 0.2) is 65.2 Å². The number of ether oxygens (including phenoxy) is 2. The number of aromatic nitrogens is 1. The molecule has 6 heteroatoms. The molecule has 0 amide bonds. The minimum atomic E-state index is -1.19. The number of hydrogen-bond acceptors (Lipinski definition) is 5. The molecule has 0 radical (unpaired) electrons. The zero-order valence-electron chi connectivity index (χ0n) is 22.0. The second-order valence-electron chi connectivity index (χ2n) is 10.6. The summed E-state index contributed by atoms with van der Waals surface area (Å²) in [6.45, 7) is 2.89. The van der Waals surface area contributed by atoms with Crippen molar-refractivity contribution in [3.8, 4) is 5.75 Å². The quantitative estimate of drug-likeness (QED) is 0.273. The fraction of sp³-hybridized carbons (Fsp3) is 0.500. The maximum Gasteiger partial charge on any atom is 0.231 e. The van der Waals surface area contributed by atoms with Crippen LogP contribution in [-0.2, 0) is 23.3 Å². The number of hydrogen-bond donors (Lipinski definition) is 1. The van der Waals surface area contributed by atoms with Crippen LogP contribution < -0.4 is 4.74 Å². The molecule has 1 aromatic heterocycles. The molecule has 1 saturated carbocycles. The van der Waals surface area contributed by atoms with E-state index in [4.69, 9.17) is 13.9 Å². The third-order valence-electron chi connectivity index (χ3n) is 7.41. The lowest BCUT2D eigenvalue weighted by Crippen LogP contribution is -2.41. The summed E-state index contributed by atoms with van der Waals surface area (Å²) in [7, 11) is 6.01. The first-order valence-electron chi connectivity index (χ1n) is 13.2. The van der Waals surface area contributed by atoms with E-state index in [1.54, 1.807) is 13.3 Å². The van der Waals surface area contributed by atoms with E-state index < -0.39 is 5.60 Å². The SMILES string of the molecule is COc1ccc(CCOCC[N+](C)(C)Cc2cnc(C(O)(c3ccccc3)C3CCCCC3)o2)cc1. The van der Waals surface area contributed by atoms with Gasteiger partial charge in [0.15, 0.2) is 11.4 Å². The first kappa shape index (κ1) is 26.4. The van der Waals surface area contributed by atoms with E-state index in [1.807, 2.05) is 42.5 Å². The molecule has 1 aliphatic rings. The Labute approximate surface area is 215 Å². The van der Waals surface area contributed by atoms with Crippen LogP contribution in [0.25, 0.3) is 0 Å². The molecule has 0 spiro atoms. The van der Waals surface area contributed by atoms with Gasteiger partial charge < -0.3 is 23.5 Å². The zero-order chi connectivity index (χ0) is 25.4. The fourth-order valence-electron chi connectivity index (χ4n) is 5.20. The molecule has 3 aromatic rings. The Bertz CT molecular complexity index is 1060. The Morgan fingerprint density at radius 2 is 1.72 bits per heavy atom. The van der Waals surface area contributed by atoms with E-state index in [9.17, 15) is 5.11 Å². The van der Waals surface area contributed by atoms with Gasteiger partial charge in [-0.15, -0.1) is 0 Å². The fourth-order valence-corrected chi connectivity index (χ4v) is 5.20. The summed E-state index contributed by atoms with van der Waals surface area (Å²) in [5.74, 6) is 2.20. The van der Waals surface area contributed by atoms with Gasteiger partial charge >= 0.3 is 0 Å². The summed E-state index contributed by atoms with van der Waals surface area (Å²) in [4.78, 5) is 4.61. The van der Waals surface area contributed by atoms with Crippen LogP contribution in [0, 0.1) is 5.92 Å². The highest BCUT2D eigenvalue weighted by Crippen LogP contribution is 2.43. The molecule has 0 aliphatic heterocycles. The van der Waals surface area contributed by atoms with Crippen molar-refractivity contribution >= 4 is 0 Å². The maximum atomic E-state index is 12.0. The third kappa shape index (κ3) is 6.55.